The van der Waals surface area contributed by atoms with E-state index in [1.54, 1.807) is 11.0 Å². The minimum Gasteiger partial charge on any atom is -0.350 e. The number of halogens is 2. The molecule has 1 aromatic rings. The van der Waals surface area contributed by atoms with Crippen molar-refractivity contribution in [3.8, 4) is 0 Å². The van der Waals surface area contributed by atoms with Crippen LogP contribution in [0.1, 0.15) is 11.3 Å². The van der Waals surface area contributed by atoms with Crippen LogP contribution in [-0.2, 0) is 6.54 Å². The van der Waals surface area contributed by atoms with E-state index in [1.807, 2.05) is 6.92 Å². The Morgan fingerprint density at radius 3 is 2.31 bits per heavy atom. The van der Waals surface area contributed by atoms with E-state index in [2.05, 4.69) is 10.2 Å². The first-order chi connectivity index (χ1) is 7.72. The molecule has 0 aliphatic rings. The molecule has 0 spiro atoms. The third-order valence-electron chi connectivity index (χ3n) is 2.23. The lowest BCUT2D eigenvalue weighted by Gasteiger charge is -2.22. The smallest absolute Gasteiger partial charge is 0.154 e. The first-order valence-corrected chi connectivity index (χ1v) is 5.13. The van der Waals surface area contributed by atoms with Gasteiger partial charge in [0, 0.05) is 19.6 Å². The molecule has 0 aromatic carbocycles. The lowest BCUT2D eigenvalue weighted by atomic mass is 10.2. The number of aromatic nitrogens is 2. The van der Waals surface area contributed by atoms with E-state index in [4.69, 9.17) is 5.73 Å². The van der Waals surface area contributed by atoms with Crippen LogP contribution in [0.5, 0.6) is 0 Å². The minimum absolute atomic E-state index is 0.126. The molecule has 0 radical (unpaired) electrons. The Bertz CT molecular complexity index is 327. The van der Waals surface area contributed by atoms with Crippen LogP contribution >= 0.6 is 0 Å². The normalized spacial score (nSPS) is 10.5. The summed E-state index contributed by atoms with van der Waals surface area (Å²) in [6.45, 7) is 1.30. The molecule has 0 saturated heterocycles. The fraction of sp³-hybridized carbons (Fsp3) is 0.600. The van der Waals surface area contributed by atoms with Crippen molar-refractivity contribution in [3.63, 3.8) is 0 Å². The van der Waals surface area contributed by atoms with E-state index in [0.29, 0.717) is 18.1 Å². The van der Waals surface area contributed by atoms with Crippen molar-refractivity contribution < 1.29 is 8.78 Å². The summed E-state index contributed by atoms with van der Waals surface area (Å²) in [7, 11) is 0. The second-order valence-corrected chi connectivity index (χ2v) is 3.41. The van der Waals surface area contributed by atoms with Crippen molar-refractivity contribution in [1.29, 1.82) is 0 Å². The number of alkyl halides is 2. The Kier molecular flexibility index (Phi) is 5.04. The van der Waals surface area contributed by atoms with Crippen molar-refractivity contribution in [3.05, 3.63) is 17.3 Å². The molecule has 1 heterocycles. The summed E-state index contributed by atoms with van der Waals surface area (Å²) in [5.41, 5.74) is 6.93. The van der Waals surface area contributed by atoms with Crippen molar-refractivity contribution in [2.75, 3.05) is 31.3 Å². The average Bonchev–Trinajstić information content (AvgIpc) is 2.29. The number of hydrogen-bond donors (Lipinski definition) is 1. The molecule has 0 aliphatic heterocycles. The summed E-state index contributed by atoms with van der Waals surface area (Å²) < 4.78 is 24.6. The van der Waals surface area contributed by atoms with Crippen LogP contribution in [-0.4, -0.2) is 36.6 Å². The molecule has 4 nitrogen and oxygen atoms in total. The number of nitrogens with two attached hydrogens (primary N) is 1. The highest BCUT2D eigenvalue weighted by Gasteiger charge is 2.11. The van der Waals surface area contributed by atoms with Crippen LogP contribution in [0.3, 0.4) is 0 Å². The van der Waals surface area contributed by atoms with E-state index < -0.39 is 13.3 Å². The van der Waals surface area contributed by atoms with Gasteiger partial charge in [-0.25, -0.2) is 8.78 Å². The lowest BCUT2D eigenvalue weighted by Crippen LogP contribution is -2.30. The molecule has 0 bridgehead atoms. The SMILES string of the molecule is Cc1cc(CN)nnc1N(CCF)CCF. The van der Waals surface area contributed by atoms with Crippen LogP contribution in [0.4, 0.5) is 14.6 Å². The lowest BCUT2D eigenvalue weighted by molar-refractivity contribution is 0.455. The van der Waals surface area contributed by atoms with E-state index in [1.165, 1.54) is 0 Å². The summed E-state index contributed by atoms with van der Waals surface area (Å²) in [5, 5.41) is 7.83. The van der Waals surface area contributed by atoms with Gasteiger partial charge in [0.2, 0.25) is 0 Å². The van der Waals surface area contributed by atoms with Crippen LogP contribution in [0.15, 0.2) is 6.07 Å². The van der Waals surface area contributed by atoms with Gasteiger partial charge in [-0.3, -0.25) is 0 Å². The highest BCUT2D eigenvalue weighted by atomic mass is 19.1. The third kappa shape index (κ3) is 3.10. The summed E-state index contributed by atoms with van der Waals surface area (Å²) in [5.74, 6) is 0.521. The summed E-state index contributed by atoms with van der Waals surface area (Å²) in [6.07, 6.45) is 0. The fourth-order valence-corrected chi connectivity index (χ4v) is 1.47. The molecule has 6 heteroatoms. The Morgan fingerprint density at radius 1 is 1.25 bits per heavy atom. The molecule has 0 saturated carbocycles. The second-order valence-electron chi connectivity index (χ2n) is 3.41. The van der Waals surface area contributed by atoms with E-state index in [9.17, 15) is 8.78 Å². The highest BCUT2D eigenvalue weighted by Crippen LogP contribution is 2.16. The number of nitrogens with zero attached hydrogens (tertiary/aromatic N) is 3. The van der Waals surface area contributed by atoms with Gasteiger partial charge < -0.3 is 10.6 Å². The van der Waals surface area contributed by atoms with E-state index in [0.717, 1.165) is 5.56 Å². The van der Waals surface area contributed by atoms with Crippen molar-refractivity contribution in [2.45, 2.75) is 13.5 Å². The first-order valence-electron chi connectivity index (χ1n) is 5.13. The standard InChI is InChI=1S/C10H16F2N4/c1-8-6-9(7-13)14-15-10(8)16(4-2-11)5-3-12/h6H,2-5,7,13H2,1H3. The van der Waals surface area contributed by atoms with Gasteiger partial charge in [-0.05, 0) is 18.6 Å². The second kappa shape index (κ2) is 6.32. The minimum atomic E-state index is -0.542. The monoisotopic (exact) mass is 230 g/mol. The Hall–Kier alpha value is -1.30. The van der Waals surface area contributed by atoms with Gasteiger partial charge in [-0.2, -0.15) is 5.10 Å². The summed E-state index contributed by atoms with van der Waals surface area (Å²) >= 11 is 0. The van der Waals surface area contributed by atoms with Crippen molar-refractivity contribution in [1.82, 2.24) is 10.2 Å². The zero-order valence-electron chi connectivity index (χ0n) is 9.29. The predicted octanol–water partition coefficient (Wildman–Crippen LogP) is 0.989. The maximum Gasteiger partial charge on any atom is 0.154 e. The largest absolute Gasteiger partial charge is 0.350 e. The van der Waals surface area contributed by atoms with Crippen LogP contribution in [0, 0.1) is 6.92 Å². The van der Waals surface area contributed by atoms with Gasteiger partial charge in [0.15, 0.2) is 5.82 Å². The number of aryl methyl sites for hydroxylation is 1. The Labute approximate surface area is 93.5 Å². The quantitative estimate of drug-likeness (QED) is 0.791. The molecule has 0 amide bonds. The molecule has 2 N–H and O–H groups in total. The van der Waals surface area contributed by atoms with Crippen LogP contribution in [0.2, 0.25) is 0 Å². The van der Waals surface area contributed by atoms with Gasteiger partial charge >= 0.3 is 0 Å². The molecule has 1 rings (SSSR count). The van der Waals surface area contributed by atoms with E-state index >= 15 is 0 Å². The molecule has 0 unspecified atom stereocenters. The van der Waals surface area contributed by atoms with Gasteiger partial charge in [0.25, 0.3) is 0 Å². The fourth-order valence-electron chi connectivity index (χ4n) is 1.47. The molecule has 0 aliphatic carbocycles. The predicted molar refractivity (Wildman–Crippen MR) is 58.8 cm³/mol. The Balaban J connectivity index is 2.90. The van der Waals surface area contributed by atoms with Crippen molar-refractivity contribution >= 4 is 5.82 Å². The molecule has 90 valence electrons. The average molecular weight is 230 g/mol. The zero-order valence-corrected chi connectivity index (χ0v) is 9.29. The van der Waals surface area contributed by atoms with Crippen LogP contribution in [0.25, 0.3) is 0 Å². The molecule has 16 heavy (non-hydrogen) atoms. The Morgan fingerprint density at radius 2 is 1.88 bits per heavy atom. The maximum absolute atomic E-state index is 12.3. The highest BCUT2D eigenvalue weighted by molar-refractivity contribution is 5.45. The van der Waals surface area contributed by atoms with E-state index in [-0.39, 0.29) is 13.1 Å². The number of hydrogen-bond acceptors (Lipinski definition) is 4. The molecular weight excluding hydrogens is 214 g/mol. The van der Waals surface area contributed by atoms with Gasteiger partial charge in [0.1, 0.15) is 13.3 Å². The van der Waals surface area contributed by atoms with Gasteiger partial charge in [-0.1, -0.05) is 0 Å². The summed E-state index contributed by atoms with van der Waals surface area (Å²) in [6, 6.07) is 1.78. The molecule has 1 aromatic heterocycles. The topological polar surface area (TPSA) is 55.0 Å². The number of anilines is 1. The van der Waals surface area contributed by atoms with Crippen molar-refractivity contribution in [2.24, 2.45) is 5.73 Å². The first kappa shape index (κ1) is 12.8. The third-order valence-corrected chi connectivity index (χ3v) is 2.23. The van der Waals surface area contributed by atoms with Crippen LogP contribution < -0.4 is 10.6 Å². The van der Waals surface area contributed by atoms with Gasteiger partial charge in [0.05, 0.1) is 5.69 Å². The molecule has 0 atom stereocenters. The zero-order chi connectivity index (χ0) is 12.0. The number of rotatable bonds is 6. The van der Waals surface area contributed by atoms with Gasteiger partial charge in [-0.15, -0.1) is 5.10 Å². The summed E-state index contributed by atoms with van der Waals surface area (Å²) in [4.78, 5) is 1.54. The molecular formula is C10H16F2N4. The maximum atomic E-state index is 12.3. The molecule has 0 fully saturated rings.